The van der Waals surface area contributed by atoms with Crippen LogP contribution in [-0.2, 0) is 4.79 Å². The van der Waals surface area contributed by atoms with Gasteiger partial charge in [-0.25, -0.2) is 0 Å². The second-order valence-corrected chi connectivity index (χ2v) is 5.33. The summed E-state index contributed by atoms with van der Waals surface area (Å²) in [5, 5.41) is 22.9. The number of anilines is 1. The van der Waals surface area contributed by atoms with Crippen molar-refractivity contribution < 1.29 is 9.72 Å². The minimum Gasteiger partial charge on any atom is -0.331 e. The third-order valence-electron chi connectivity index (χ3n) is 3.08. The molecule has 0 spiro atoms. The van der Waals surface area contributed by atoms with Gasteiger partial charge in [0, 0.05) is 17.8 Å². The fraction of sp³-hybridized carbons (Fsp3) is 0. The van der Waals surface area contributed by atoms with Crippen molar-refractivity contribution in [2.45, 2.75) is 0 Å². The number of carbonyl (C=O) groups excluding carboxylic acids is 1. The lowest BCUT2D eigenvalue weighted by Crippen LogP contribution is -2.44. The first kappa shape index (κ1) is 18.6. The molecule has 130 valence electrons. The number of hydrogen-bond donors (Lipinski definition) is 3. The molecule has 0 radical (unpaired) electrons. The van der Waals surface area contributed by atoms with Crippen LogP contribution in [0.2, 0.25) is 0 Å². The molecule has 0 aliphatic carbocycles. The standard InChI is InChI=1S/C17H13N5O3S/c18-11-13(9-12-5-4-8-15(10-12)22(24)25)16(23)20-21-17(26)19-14-6-2-1-3-7-14/h1-10H,(H,20,23)(H2,19,21,26). The van der Waals surface area contributed by atoms with Crippen molar-refractivity contribution in [2.75, 3.05) is 5.32 Å². The number of non-ortho nitro benzene ring substituents is 1. The molecule has 0 atom stereocenters. The van der Waals surface area contributed by atoms with E-state index in [-0.39, 0.29) is 16.4 Å². The highest BCUT2D eigenvalue weighted by atomic mass is 32.1. The third kappa shape index (κ3) is 5.40. The van der Waals surface area contributed by atoms with E-state index >= 15 is 0 Å². The van der Waals surface area contributed by atoms with Crippen molar-refractivity contribution in [1.29, 1.82) is 5.26 Å². The van der Waals surface area contributed by atoms with E-state index in [1.165, 1.54) is 24.3 Å². The summed E-state index contributed by atoms with van der Waals surface area (Å²) in [7, 11) is 0. The molecule has 2 aromatic carbocycles. The first-order chi connectivity index (χ1) is 12.5. The van der Waals surface area contributed by atoms with Gasteiger partial charge < -0.3 is 5.32 Å². The molecule has 0 aliphatic heterocycles. The molecule has 9 heteroatoms. The molecule has 0 unspecified atom stereocenters. The zero-order valence-corrected chi connectivity index (χ0v) is 14.1. The summed E-state index contributed by atoms with van der Waals surface area (Å²) < 4.78 is 0. The summed E-state index contributed by atoms with van der Waals surface area (Å²) in [6.45, 7) is 0. The molecule has 2 aromatic rings. The Hall–Kier alpha value is -3.77. The maximum atomic E-state index is 12.1. The van der Waals surface area contributed by atoms with E-state index in [0.717, 1.165) is 5.69 Å². The monoisotopic (exact) mass is 367 g/mol. The van der Waals surface area contributed by atoms with Crippen LogP contribution in [0.3, 0.4) is 0 Å². The van der Waals surface area contributed by atoms with Crippen molar-refractivity contribution in [1.82, 2.24) is 10.9 Å². The first-order valence-electron chi connectivity index (χ1n) is 7.28. The zero-order chi connectivity index (χ0) is 18.9. The Morgan fingerprint density at radius 2 is 1.88 bits per heavy atom. The Bertz CT molecular complexity index is 906. The molecular formula is C17H13N5O3S. The van der Waals surface area contributed by atoms with Crippen LogP contribution >= 0.6 is 12.2 Å². The molecule has 26 heavy (non-hydrogen) atoms. The number of nitro benzene ring substituents is 1. The van der Waals surface area contributed by atoms with Gasteiger partial charge in [-0.15, -0.1) is 0 Å². The number of carbonyl (C=O) groups is 1. The minimum atomic E-state index is -0.726. The average molecular weight is 367 g/mol. The summed E-state index contributed by atoms with van der Waals surface area (Å²) >= 11 is 5.04. The topological polar surface area (TPSA) is 120 Å². The number of para-hydroxylation sites is 1. The number of nitro groups is 1. The molecule has 8 nitrogen and oxygen atoms in total. The van der Waals surface area contributed by atoms with Gasteiger partial charge in [-0.3, -0.25) is 25.8 Å². The Morgan fingerprint density at radius 1 is 1.15 bits per heavy atom. The SMILES string of the molecule is N#CC(=Cc1cccc([N+](=O)[O-])c1)C(=O)NNC(=S)Nc1ccccc1. The van der Waals surface area contributed by atoms with Gasteiger partial charge in [0.15, 0.2) is 5.11 Å². The van der Waals surface area contributed by atoms with Crippen molar-refractivity contribution in [3.63, 3.8) is 0 Å². The number of thiocarbonyl (C=S) groups is 1. The number of hydrogen-bond acceptors (Lipinski definition) is 5. The van der Waals surface area contributed by atoms with Crippen LogP contribution in [0.25, 0.3) is 6.08 Å². The zero-order valence-electron chi connectivity index (χ0n) is 13.3. The van der Waals surface area contributed by atoms with Crippen molar-refractivity contribution in [2.24, 2.45) is 0 Å². The summed E-state index contributed by atoms with van der Waals surface area (Å²) in [5.41, 5.74) is 5.49. The van der Waals surface area contributed by atoms with E-state index in [0.29, 0.717) is 5.56 Å². The molecular weight excluding hydrogens is 354 g/mol. The number of nitrogens with zero attached hydrogens (tertiary/aromatic N) is 2. The number of rotatable bonds is 4. The summed E-state index contributed by atoms with van der Waals surface area (Å²) in [6, 6.07) is 16.4. The van der Waals surface area contributed by atoms with Crippen molar-refractivity contribution >= 4 is 40.7 Å². The van der Waals surface area contributed by atoms with Crippen molar-refractivity contribution in [3.8, 4) is 6.07 Å². The smallest absolute Gasteiger partial charge is 0.280 e. The Kier molecular flexibility index (Phi) is 6.36. The van der Waals surface area contributed by atoms with Gasteiger partial charge in [-0.05, 0) is 36.0 Å². The lowest BCUT2D eigenvalue weighted by molar-refractivity contribution is -0.384. The normalized spacial score (nSPS) is 10.3. The summed E-state index contributed by atoms with van der Waals surface area (Å²) in [4.78, 5) is 22.3. The molecule has 0 bridgehead atoms. The van der Waals surface area contributed by atoms with Crippen LogP contribution < -0.4 is 16.2 Å². The lowest BCUT2D eigenvalue weighted by atomic mass is 10.1. The highest BCUT2D eigenvalue weighted by Crippen LogP contribution is 2.15. The molecule has 1 amide bonds. The Labute approximate surface area is 154 Å². The fourth-order valence-corrected chi connectivity index (χ4v) is 2.08. The number of benzene rings is 2. The van der Waals surface area contributed by atoms with Gasteiger partial charge in [0.2, 0.25) is 0 Å². The molecule has 0 saturated heterocycles. The highest BCUT2D eigenvalue weighted by Gasteiger charge is 2.11. The first-order valence-corrected chi connectivity index (χ1v) is 7.69. The molecule has 0 heterocycles. The Morgan fingerprint density at radius 3 is 2.54 bits per heavy atom. The number of amides is 1. The maximum absolute atomic E-state index is 12.1. The second-order valence-electron chi connectivity index (χ2n) is 4.92. The van der Waals surface area contributed by atoms with Gasteiger partial charge in [0.1, 0.15) is 11.6 Å². The van der Waals surface area contributed by atoms with E-state index in [4.69, 9.17) is 17.5 Å². The van der Waals surface area contributed by atoms with E-state index in [2.05, 4.69) is 16.2 Å². The summed E-state index contributed by atoms with van der Waals surface area (Å²) in [6.07, 6.45) is 1.25. The quantitative estimate of drug-likeness (QED) is 0.250. The fourth-order valence-electron chi connectivity index (χ4n) is 1.91. The molecule has 3 N–H and O–H groups in total. The predicted octanol–water partition coefficient (Wildman–Crippen LogP) is 2.52. The van der Waals surface area contributed by atoms with Crippen LogP contribution in [-0.4, -0.2) is 15.9 Å². The van der Waals surface area contributed by atoms with Gasteiger partial charge in [0.05, 0.1) is 4.92 Å². The average Bonchev–Trinajstić information content (AvgIpc) is 2.65. The van der Waals surface area contributed by atoms with Crippen LogP contribution in [0.15, 0.2) is 60.2 Å². The molecule has 0 aromatic heterocycles. The largest absolute Gasteiger partial charge is 0.331 e. The van der Waals surface area contributed by atoms with Gasteiger partial charge >= 0.3 is 0 Å². The van der Waals surface area contributed by atoms with Crippen LogP contribution in [0.1, 0.15) is 5.56 Å². The van der Waals surface area contributed by atoms with Gasteiger partial charge in [-0.2, -0.15) is 5.26 Å². The lowest BCUT2D eigenvalue weighted by Gasteiger charge is -2.11. The van der Waals surface area contributed by atoms with E-state index in [1.807, 2.05) is 18.2 Å². The number of nitriles is 1. The Balaban J connectivity index is 2.00. The van der Waals surface area contributed by atoms with Gasteiger partial charge in [0.25, 0.3) is 11.6 Å². The van der Waals surface area contributed by atoms with E-state index < -0.39 is 10.8 Å². The highest BCUT2D eigenvalue weighted by molar-refractivity contribution is 7.80. The minimum absolute atomic E-state index is 0.136. The predicted molar refractivity (Wildman–Crippen MR) is 101 cm³/mol. The third-order valence-corrected chi connectivity index (χ3v) is 3.28. The van der Waals surface area contributed by atoms with Crippen LogP contribution in [0, 0.1) is 21.4 Å². The van der Waals surface area contributed by atoms with Gasteiger partial charge in [-0.1, -0.05) is 30.3 Å². The second kappa shape index (κ2) is 8.91. The van der Waals surface area contributed by atoms with E-state index in [9.17, 15) is 14.9 Å². The maximum Gasteiger partial charge on any atom is 0.280 e. The number of hydrazine groups is 1. The van der Waals surface area contributed by atoms with Crippen LogP contribution in [0.4, 0.5) is 11.4 Å². The van der Waals surface area contributed by atoms with Crippen molar-refractivity contribution in [3.05, 3.63) is 75.8 Å². The summed E-state index contributed by atoms with van der Waals surface area (Å²) in [5.74, 6) is -0.726. The molecule has 0 aliphatic rings. The van der Waals surface area contributed by atoms with E-state index in [1.54, 1.807) is 24.3 Å². The molecule has 0 fully saturated rings. The molecule has 0 saturated carbocycles. The van der Waals surface area contributed by atoms with Crippen LogP contribution in [0.5, 0.6) is 0 Å². The molecule has 2 rings (SSSR count). The number of nitrogens with one attached hydrogen (secondary N) is 3.